The van der Waals surface area contributed by atoms with Crippen molar-refractivity contribution < 1.29 is 4.74 Å². The van der Waals surface area contributed by atoms with Crippen molar-refractivity contribution in [1.29, 1.82) is 0 Å². The zero-order valence-electron chi connectivity index (χ0n) is 7.21. The fraction of sp³-hybridized carbons (Fsp3) is 0.0909. The lowest BCUT2D eigenvalue weighted by molar-refractivity contribution is 0.414. The molecular formula is C11H12O. The van der Waals surface area contributed by atoms with Gasteiger partial charge >= 0.3 is 0 Å². The van der Waals surface area contributed by atoms with Crippen molar-refractivity contribution in [2.45, 2.75) is 0 Å². The number of ether oxygens (including phenoxy) is 1. The van der Waals surface area contributed by atoms with Crippen LogP contribution in [0.5, 0.6) is 5.75 Å². The lowest BCUT2D eigenvalue weighted by Crippen LogP contribution is -1.88. The van der Waals surface area contributed by atoms with E-state index in [2.05, 4.69) is 13.2 Å². The average molecular weight is 160 g/mol. The van der Waals surface area contributed by atoms with Gasteiger partial charge in [-0.1, -0.05) is 37.4 Å². The summed E-state index contributed by atoms with van der Waals surface area (Å²) in [5.74, 6) is 0.836. The highest BCUT2D eigenvalue weighted by molar-refractivity contribution is 5.68. The number of methoxy groups -OCH3 is 1. The van der Waals surface area contributed by atoms with Crippen molar-refractivity contribution >= 4 is 12.2 Å². The maximum absolute atomic E-state index is 5.16. The molecule has 12 heavy (non-hydrogen) atoms. The Hall–Kier alpha value is -1.50. The van der Waals surface area contributed by atoms with E-state index in [1.807, 2.05) is 18.2 Å². The minimum absolute atomic E-state index is 0.836. The summed E-state index contributed by atoms with van der Waals surface area (Å²) in [7, 11) is 1.65. The van der Waals surface area contributed by atoms with Gasteiger partial charge in [0.15, 0.2) is 0 Å². The second-order valence-electron chi connectivity index (χ2n) is 2.37. The lowest BCUT2D eigenvalue weighted by atomic mass is 10.1. The molecule has 0 aliphatic carbocycles. The van der Waals surface area contributed by atoms with Crippen molar-refractivity contribution in [2.75, 3.05) is 7.11 Å². The van der Waals surface area contributed by atoms with Crippen LogP contribution >= 0.6 is 0 Å². The smallest absolute Gasteiger partial charge is 0.126 e. The third kappa shape index (κ3) is 1.40. The topological polar surface area (TPSA) is 9.23 Å². The van der Waals surface area contributed by atoms with Gasteiger partial charge < -0.3 is 4.74 Å². The number of rotatable bonds is 3. The molecule has 0 N–H and O–H groups in total. The van der Waals surface area contributed by atoms with E-state index in [0.29, 0.717) is 0 Å². The molecule has 0 heterocycles. The van der Waals surface area contributed by atoms with Gasteiger partial charge in [0.1, 0.15) is 5.75 Å². The third-order valence-corrected chi connectivity index (χ3v) is 1.74. The van der Waals surface area contributed by atoms with E-state index in [9.17, 15) is 0 Å². The van der Waals surface area contributed by atoms with Gasteiger partial charge in [0, 0.05) is 5.56 Å². The standard InChI is InChI=1S/C11H12O/c1-4-9-7-6-8-11(12-3)10(9)5-2/h4-8H,1-2H2,3H3. The highest BCUT2D eigenvalue weighted by atomic mass is 16.5. The largest absolute Gasteiger partial charge is 0.496 e. The monoisotopic (exact) mass is 160 g/mol. The normalized spacial score (nSPS) is 9.08. The van der Waals surface area contributed by atoms with E-state index in [1.165, 1.54) is 0 Å². The molecule has 0 radical (unpaired) electrons. The maximum Gasteiger partial charge on any atom is 0.126 e. The molecule has 0 spiro atoms. The van der Waals surface area contributed by atoms with Crippen LogP contribution in [0.2, 0.25) is 0 Å². The predicted octanol–water partition coefficient (Wildman–Crippen LogP) is 2.98. The first-order valence-electron chi connectivity index (χ1n) is 3.75. The summed E-state index contributed by atoms with van der Waals surface area (Å²) in [5.41, 5.74) is 2.04. The van der Waals surface area contributed by atoms with E-state index in [0.717, 1.165) is 16.9 Å². The molecule has 0 aliphatic rings. The molecular weight excluding hydrogens is 148 g/mol. The molecule has 0 amide bonds. The highest BCUT2D eigenvalue weighted by Crippen LogP contribution is 2.23. The summed E-state index contributed by atoms with van der Waals surface area (Å²) >= 11 is 0. The molecule has 1 heteroatoms. The van der Waals surface area contributed by atoms with Gasteiger partial charge in [-0.3, -0.25) is 0 Å². The summed E-state index contributed by atoms with van der Waals surface area (Å²) in [6.07, 6.45) is 3.56. The number of hydrogen-bond acceptors (Lipinski definition) is 1. The Bertz CT molecular complexity index is 300. The Morgan fingerprint density at radius 1 is 1.25 bits per heavy atom. The predicted molar refractivity (Wildman–Crippen MR) is 53.2 cm³/mol. The van der Waals surface area contributed by atoms with Crippen LogP contribution in [0.25, 0.3) is 12.2 Å². The van der Waals surface area contributed by atoms with Crippen LogP contribution in [0, 0.1) is 0 Å². The lowest BCUT2D eigenvalue weighted by Gasteiger charge is -2.06. The molecule has 0 saturated heterocycles. The SMILES string of the molecule is C=Cc1cccc(OC)c1C=C. The second-order valence-corrected chi connectivity index (χ2v) is 2.37. The van der Waals surface area contributed by atoms with E-state index >= 15 is 0 Å². The summed E-state index contributed by atoms with van der Waals surface area (Å²) in [5, 5.41) is 0. The van der Waals surface area contributed by atoms with Crippen molar-refractivity contribution in [2.24, 2.45) is 0 Å². The van der Waals surface area contributed by atoms with Gasteiger partial charge in [-0.25, -0.2) is 0 Å². The van der Waals surface area contributed by atoms with E-state index in [-0.39, 0.29) is 0 Å². The zero-order chi connectivity index (χ0) is 8.97. The summed E-state index contributed by atoms with van der Waals surface area (Å²) in [6.45, 7) is 7.43. The van der Waals surface area contributed by atoms with Crippen LogP contribution in [-0.2, 0) is 0 Å². The first kappa shape index (κ1) is 8.60. The van der Waals surface area contributed by atoms with Crippen molar-refractivity contribution in [1.82, 2.24) is 0 Å². The van der Waals surface area contributed by atoms with Gasteiger partial charge in [0.25, 0.3) is 0 Å². The number of benzene rings is 1. The minimum Gasteiger partial charge on any atom is -0.496 e. The molecule has 1 nitrogen and oxygen atoms in total. The number of hydrogen-bond donors (Lipinski definition) is 0. The molecule has 1 rings (SSSR count). The first-order chi connectivity index (χ1) is 5.83. The van der Waals surface area contributed by atoms with Gasteiger partial charge in [-0.05, 0) is 11.6 Å². The van der Waals surface area contributed by atoms with Crippen molar-refractivity contribution in [3.8, 4) is 5.75 Å². The zero-order valence-corrected chi connectivity index (χ0v) is 7.21. The van der Waals surface area contributed by atoms with E-state index in [1.54, 1.807) is 19.3 Å². The van der Waals surface area contributed by atoms with Crippen molar-refractivity contribution in [3.63, 3.8) is 0 Å². The first-order valence-corrected chi connectivity index (χ1v) is 3.75. The molecule has 0 atom stereocenters. The molecule has 1 aromatic rings. The fourth-order valence-corrected chi connectivity index (χ4v) is 1.14. The average Bonchev–Trinajstić information content (AvgIpc) is 2.16. The van der Waals surface area contributed by atoms with Gasteiger partial charge in [0.2, 0.25) is 0 Å². The third-order valence-electron chi connectivity index (χ3n) is 1.74. The van der Waals surface area contributed by atoms with E-state index < -0.39 is 0 Å². The van der Waals surface area contributed by atoms with Gasteiger partial charge in [-0.15, -0.1) is 0 Å². The molecule has 0 aliphatic heterocycles. The maximum atomic E-state index is 5.16. The molecule has 0 saturated carbocycles. The molecule has 0 fully saturated rings. The Kier molecular flexibility index (Phi) is 2.70. The van der Waals surface area contributed by atoms with Crippen LogP contribution in [0.4, 0.5) is 0 Å². The summed E-state index contributed by atoms with van der Waals surface area (Å²) < 4.78 is 5.16. The quantitative estimate of drug-likeness (QED) is 0.660. The van der Waals surface area contributed by atoms with Crippen LogP contribution in [0.15, 0.2) is 31.4 Å². The highest BCUT2D eigenvalue weighted by Gasteiger charge is 2.01. The summed E-state index contributed by atoms with van der Waals surface area (Å²) in [4.78, 5) is 0. The van der Waals surface area contributed by atoms with E-state index in [4.69, 9.17) is 4.74 Å². The molecule has 1 aromatic carbocycles. The fourth-order valence-electron chi connectivity index (χ4n) is 1.14. The Labute approximate surface area is 73.0 Å². The van der Waals surface area contributed by atoms with Crippen LogP contribution < -0.4 is 4.74 Å². The second kappa shape index (κ2) is 3.77. The Morgan fingerprint density at radius 3 is 2.50 bits per heavy atom. The van der Waals surface area contributed by atoms with Crippen molar-refractivity contribution in [3.05, 3.63) is 42.5 Å². The Morgan fingerprint density at radius 2 is 2.00 bits per heavy atom. The van der Waals surface area contributed by atoms with Crippen LogP contribution in [0.1, 0.15) is 11.1 Å². The van der Waals surface area contributed by atoms with Crippen LogP contribution in [0.3, 0.4) is 0 Å². The minimum atomic E-state index is 0.836. The molecule has 0 aromatic heterocycles. The molecule has 62 valence electrons. The summed E-state index contributed by atoms with van der Waals surface area (Å²) in [6, 6.07) is 5.82. The Balaban J connectivity index is 3.31. The molecule has 0 bridgehead atoms. The molecule has 0 unspecified atom stereocenters. The van der Waals surface area contributed by atoms with Gasteiger partial charge in [0.05, 0.1) is 7.11 Å². The van der Waals surface area contributed by atoms with Crippen LogP contribution in [-0.4, -0.2) is 7.11 Å². The van der Waals surface area contributed by atoms with Gasteiger partial charge in [-0.2, -0.15) is 0 Å².